The summed E-state index contributed by atoms with van der Waals surface area (Å²) in [6.45, 7) is 0.515. The molecule has 2 heterocycles. The van der Waals surface area contributed by atoms with Gasteiger partial charge in [0, 0.05) is 39.1 Å². The van der Waals surface area contributed by atoms with E-state index in [-0.39, 0.29) is 29.6 Å². The van der Waals surface area contributed by atoms with Crippen molar-refractivity contribution in [3.05, 3.63) is 0 Å². The lowest BCUT2D eigenvalue weighted by molar-refractivity contribution is -0.139. The van der Waals surface area contributed by atoms with Crippen LogP contribution in [0.15, 0.2) is 0 Å². The zero-order valence-electron chi connectivity index (χ0n) is 15.0. The van der Waals surface area contributed by atoms with Gasteiger partial charge in [0.2, 0.25) is 11.8 Å². The molecule has 2 bridgehead atoms. The van der Waals surface area contributed by atoms with Gasteiger partial charge in [0.15, 0.2) is 0 Å². The van der Waals surface area contributed by atoms with Gasteiger partial charge in [-0.15, -0.1) is 12.4 Å². The summed E-state index contributed by atoms with van der Waals surface area (Å²) in [5.41, 5.74) is -0.355. The zero-order chi connectivity index (χ0) is 16.4. The first kappa shape index (κ1) is 19.5. The average molecular weight is 358 g/mol. The Balaban J connectivity index is 0.00000208. The van der Waals surface area contributed by atoms with E-state index in [1.165, 1.54) is 12.8 Å². The molecule has 24 heavy (non-hydrogen) atoms. The van der Waals surface area contributed by atoms with Crippen LogP contribution in [0.25, 0.3) is 0 Å². The maximum atomic E-state index is 12.5. The summed E-state index contributed by atoms with van der Waals surface area (Å²) in [5, 5.41) is 6.71. The molecule has 0 spiro atoms. The van der Waals surface area contributed by atoms with Gasteiger partial charge in [0.25, 0.3) is 0 Å². The fraction of sp³-hybridized carbons (Fsp3) is 0.889. The van der Waals surface area contributed by atoms with Crippen LogP contribution in [0.1, 0.15) is 57.8 Å². The number of nitrogens with one attached hydrogen (secondary N) is 2. The van der Waals surface area contributed by atoms with Crippen molar-refractivity contribution in [2.24, 2.45) is 11.3 Å². The number of nitrogens with zero attached hydrogens (tertiary/aromatic N) is 1. The standard InChI is InChI=1S/C18H31N3O2.ClH/c1-21(2)17(23)18(7-3-4-8-18)12-19-16(22)11-13-9-14-5-6-15(10-13)20-14;/h13-15,20H,3-12H2,1-2H3,(H,19,22);1H. The van der Waals surface area contributed by atoms with E-state index in [0.29, 0.717) is 31.0 Å². The second-order valence-corrected chi connectivity index (χ2v) is 8.14. The maximum Gasteiger partial charge on any atom is 0.230 e. The summed E-state index contributed by atoms with van der Waals surface area (Å²) in [4.78, 5) is 26.6. The lowest BCUT2D eigenvalue weighted by Crippen LogP contribution is -2.47. The second-order valence-electron chi connectivity index (χ2n) is 8.14. The van der Waals surface area contributed by atoms with Crippen LogP contribution in [0.2, 0.25) is 0 Å². The number of carbonyl (C=O) groups excluding carboxylic acids is 2. The second kappa shape index (κ2) is 8.05. The lowest BCUT2D eigenvalue weighted by Gasteiger charge is -2.32. The van der Waals surface area contributed by atoms with Crippen molar-refractivity contribution in [2.75, 3.05) is 20.6 Å². The van der Waals surface area contributed by atoms with E-state index >= 15 is 0 Å². The molecule has 1 saturated carbocycles. The van der Waals surface area contributed by atoms with Gasteiger partial charge in [-0.3, -0.25) is 9.59 Å². The van der Waals surface area contributed by atoms with Crippen LogP contribution in [-0.2, 0) is 9.59 Å². The monoisotopic (exact) mass is 357 g/mol. The highest BCUT2D eigenvalue weighted by Crippen LogP contribution is 2.39. The summed E-state index contributed by atoms with van der Waals surface area (Å²) in [7, 11) is 3.63. The average Bonchev–Trinajstić information content (AvgIpc) is 3.12. The minimum absolute atomic E-state index is 0. The Bertz CT molecular complexity index is 451. The fourth-order valence-corrected chi connectivity index (χ4v) is 4.94. The van der Waals surface area contributed by atoms with Crippen molar-refractivity contribution in [3.8, 4) is 0 Å². The Morgan fingerprint density at radius 2 is 1.71 bits per heavy atom. The number of fused-ring (bicyclic) bond motifs is 2. The Hall–Kier alpha value is -0.810. The Morgan fingerprint density at radius 3 is 2.25 bits per heavy atom. The smallest absolute Gasteiger partial charge is 0.230 e. The van der Waals surface area contributed by atoms with Crippen molar-refractivity contribution in [3.63, 3.8) is 0 Å². The number of rotatable bonds is 5. The lowest BCUT2D eigenvalue weighted by atomic mass is 9.84. The summed E-state index contributed by atoms with van der Waals surface area (Å²) >= 11 is 0. The molecule has 2 unspecified atom stereocenters. The molecule has 2 atom stereocenters. The van der Waals surface area contributed by atoms with Crippen LogP contribution >= 0.6 is 12.4 Å². The third kappa shape index (κ3) is 4.23. The van der Waals surface area contributed by atoms with Gasteiger partial charge in [-0.05, 0) is 44.4 Å². The van der Waals surface area contributed by atoms with Crippen molar-refractivity contribution in [1.29, 1.82) is 0 Å². The van der Waals surface area contributed by atoms with Gasteiger partial charge >= 0.3 is 0 Å². The van der Waals surface area contributed by atoms with Crippen LogP contribution in [0.4, 0.5) is 0 Å². The predicted molar refractivity (Wildman–Crippen MR) is 97.1 cm³/mol. The van der Waals surface area contributed by atoms with Crippen LogP contribution < -0.4 is 10.6 Å². The normalized spacial score (nSPS) is 30.5. The SMILES string of the molecule is CN(C)C(=O)C1(CNC(=O)CC2CC3CCC(C2)N3)CCCC1.Cl. The zero-order valence-corrected chi connectivity index (χ0v) is 15.8. The van der Waals surface area contributed by atoms with Crippen LogP contribution in [-0.4, -0.2) is 49.4 Å². The number of halogens is 1. The van der Waals surface area contributed by atoms with E-state index in [1.807, 2.05) is 14.1 Å². The maximum absolute atomic E-state index is 12.5. The molecule has 0 aromatic rings. The first-order valence-corrected chi connectivity index (χ1v) is 9.23. The molecule has 2 amide bonds. The summed E-state index contributed by atoms with van der Waals surface area (Å²) in [5.74, 6) is 0.821. The summed E-state index contributed by atoms with van der Waals surface area (Å²) in [6, 6.07) is 1.26. The third-order valence-electron chi connectivity index (χ3n) is 6.09. The minimum Gasteiger partial charge on any atom is -0.355 e. The first-order valence-electron chi connectivity index (χ1n) is 9.23. The van der Waals surface area contributed by atoms with E-state index in [4.69, 9.17) is 0 Å². The van der Waals surface area contributed by atoms with Gasteiger partial charge in [-0.25, -0.2) is 0 Å². The highest BCUT2D eigenvalue weighted by molar-refractivity contribution is 5.85. The van der Waals surface area contributed by atoms with Crippen LogP contribution in [0.5, 0.6) is 0 Å². The fourth-order valence-electron chi connectivity index (χ4n) is 4.94. The molecule has 3 fully saturated rings. The number of amides is 2. The summed E-state index contributed by atoms with van der Waals surface area (Å²) in [6.07, 6.45) is 9.41. The molecule has 0 aromatic heterocycles. The Morgan fingerprint density at radius 1 is 1.12 bits per heavy atom. The van der Waals surface area contributed by atoms with E-state index in [2.05, 4.69) is 10.6 Å². The van der Waals surface area contributed by atoms with E-state index in [9.17, 15) is 9.59 Å². The first-order chi connectivity index (χ1) is 11.0. The molecule has 1 aliphatic carbocycles. The molecule has 2 aliphatic heterocycles. The number of carbonyl (C=O) groups is 2. The number of hydrogen-bond acceptors (Lipinski definition) is 3. The van der Waals surface area contributed by atoms with E-state index in [1.54, 1.807) is 4.90 Å². The van der Waals surface area contributed by atoms with Crippen molar-refractivity contribution < 1.29 is 9.59 Å². The molecule has 0 aromatic carbocycles. The predicted octanol–water partition coefficient (Wildman–Crippen LogP) is 2.09. The van der Waals surface area contributed by atoms with E-state index in [0.717, 1.165) is 38.5 Å². The molecular weight excluding hydrogens is 326 g/mol. The van der Waals surface area contributed by atoms with Gasteiger partial charge in [-0.2, -0.15) is 0 Å². The molecule has 5 nitrogen and oxygen atoms in total. The molecule has 6 heteroatoms. The summed E-state index contributed by atoms with van der Waals surface area (Å²) < 4.78 is 0. The third-order valence-corrected chi connectivity index (χ3v) is 6.09. The largest absolute Gasteiger partial charge is 0.355 e. The van der Waals surface area contributed by atoms with Gasteiger partial charge in [0.05, 0.1) is 5.41 Å². The quantitative estimate of drug-likeness (QED) is 0.792. The molecular formula is C18H32ClN3O2. The van der Waals surface area contributed by atoms with Crippen LogP contribution in [0.3, 0.4) is 0 Å². The minimum atomic E-state index is -0.355. The topological polar surface area (TPSA) is 61.4 Å². The molecule has 138 valence electrons. The molecule has 3 aliphatic rings. The molecule has 2 N–H and O–H groups in total. The number of piperidine rings is 1. The Labute approximate surface area is 151 Å². The van der Waals surface area contributed by atoms with Gasteiger partial charge < -0.3 is 15.5 Å². The molecule has 0 radical (unpaired) electrons. The van der Waals surface area contributed by atoms with Gasteiger partial charge in [-0.1, -0.05) is 12.8 Å². The Kier molecular flexibility index (Phi) is 6.54. The van der Waals surface area contributed by atoms with Crippen molar-refractivity contribution in [2.45, 2.75) is 69.9 Å². The van der Waals surface area contributed by atoms with Gasteiger partial charge in [0.1, 0.15) is 0 Å². The molecule has 2 saturated heterocycles. The highest BCUT2D eigenvalue weighted by atomic mass is 35.5. The van der Waals surface area contributed by atoms with Crippen LogP contribution in [0, 0.1) is 11.3 Å². The molecule has 3 rings (SSSR count). The van der Waals surface area contributed by atoms with Crippen molar-refractivity contribution in [1.82, 2.24) is 15.5 Å². The highest BCUT2D eigenvalue weighted by Gasteiger charge is 2.42. The van der Waals surface area contributed by atoms with E-state index < -0.39 is 0 Å². The number of hydrogen-bond donors (Lipinski definition) is 2. The van der Waals surface area contributed by atoms with Crippen molar-refractivity contribution >= 4 is 24.2 Å².